The first-order chi connectivity index (χ1) is 13.8. The van der Waals surface area contributed by atoms with Crippen LogP contribution in [0.3, 0.4) is 0 Å². The molecule has 2 aliphatic rings. The van der Waals surface area contributed by atoms with Gasteiger partial charge in [0.25, 0.3) is 0 Å². The molecule has 0 amide bonds. The molecule has 3 heteroatoms. The first-order valence-electron chi connectivity index (χ1n) is 9.58. The zero-order valence-corrected chi connectivity index (χ0v) is 15.4. The minimum Gasteiger partial charge on any atom is -0.485 e. The molecule has 2 atom stereocenters. The molecule has 1 N–H and O–H groups in total. The van der Waals surface area contributed by atoms with Gasteiger partial charge in [-0.3, -0.25) is 0 Å². The number of hydrogen-bond acceptors (Lipinski definition) is 2. The largest absolute Gasteiger partial charge is 0.485 e. The van der Waals surface area contributed by atoms with Crippen LogP contribution >= 0.6 is 0 Å². The van der Waals surface area contributed by atoms with Crippen LogP contribution in [-0.2, 0) is 5.41 Å². The molecule has 1 aliphatic carbocycles. The molecular formula is C25H20BO2. The van der Waals surface area contributed by atoms with E-state index in [0.29, 0.717) is 0 Å². The number of ether oxygens (including phenoxy) is 1. The van der Waals surface area contributed by atoms with E-state index >= 15 is 0 Å². The molecule has 3 aromatic rings. The van der Waals surface area contributed by atoms with Crippen molar-refractivity contribution in [3.05, 3.63) is 120 Å². The minimum absolute atomic E-state index is 0.0538. The average Bonchev–Trinajstić information content (AvgIpc) is 2.78. The maximum atomic E-state index is 9.69. The van der Waals surface area contributed by atoms with Crippen LogP contribution in [0.25, 0.3) is 0 Å². The van der Waals surface area contributed by atoms with Crippen LogP contribution in [0.2, 0.25) is 0 Å². The molecule has 0 bridgehead atoms. The molecule has 3 aromatic carbocycles. The van der Waals surface area contributed by atoms with Crippen LogP contribution in [0, 0.1) is 5.92 Å². The van der Waals surface area contributed by atoms with Gasteiger partial charge >= 0.3 is 7.48 Å². The highest BCUT2D eigenvalue weighted by molar-refractivity contribution is 6.45. The number of rotatable bonds is 3. The molecule has 5 rings (SSSR count). The van der Waals surface area contributed by atoms with Gasteiger partial charge in [-0.1, -0.05) is 96.5 Å². The fourth-order valence-corrected chi connectivity index (χ4v) is 4.72. The van der Waals surface area contributed by atoms with Crippen molar-refractivity contribution >= 4 is 12.9 Å². The van der Waals surface area contributed by atoms with Gasteiger partial charge in [0, 0.05) is 11.5 Å². The van der Waals surface area contributed by atoms with Gasteiger partial charge in [0.1, 0.15) is 11.9 Å². The Hall–Kier alpha value is -3.04. The van der Waals surface area contributed by atoms with E-state index in [0.717, 1.165) is 24.3 Å². The van der Waals surface area contributed by atoms with Gasteiger partial charge in [-0.15, -0.1) is 0 Å². The Balaban J connectivity index is 1.90. The summed E-state index contributed by atoms with van der Waals surface area (Å²) in [4.78, 5) is 0. The SMILES string of the molecule is O[B]c1ccc2c(c1)C(c1ccccc1)(c1ccccc1)C1C=CC=CC1O2. The van der Waals surface area contributed by atoms with Gasteiger partial charge in [-0.25, -0.2) is 0 Å². The molecule has 0 fully saturated rings. The zero-order valence-electron chi connectivity index (χ0n) is 15.4. The molecule has 1 aliphatic heterocycles. The Morgan fingerprint density at radius 2 is 1.43 bits per heavy atom. The van der Waals surface area contributed by atoms with E-state index in [1.54, 1.807) is 0 Å². The van der Waals surface area contributed by atoms with Crippen molar-refractivity contribution in [1.82, 2.24) is 0 Å². The van der Waals surface area contributed by atoms with Crippen LogP contribution in [0.4, 0.5) is 0 Å². The summed E-state index contributed by atoms with van der Waals surface area (Å²) in [6.45, 7) is 0. The van der Waals surface area contributed by atoms with E-state index in [1.165, 1.54) is 11.1 Å². The van der Waals surface area contributed by atoms with E-state index in [2.05, 4.69) is 91.0 Å². The maximum Gasteiger partial charge on any atom is 0.326 e. The van der Waals surface area contributed by atoms with Crippen molar-refractivity contribution in [3.8, 4) is 5.75 Å². The van der Waals surface area contributed by atoms with Crippen LogP contribution in [0.1, 0.15) is 16.7 Å². The Kier molecular flexibility index (Phi) is 4.18. The standard InChI is InChI=1S/C25H20BO2/c27-26-20-15-16-24-22(17-20)25(18-9-3-1-4-10-18,19-11-5-2-6-12-19)21-13-7-8-14-23(21)28-24/h1-17,21,23,27H. The Labute approximate surface area is 166 Å². The van der Waals surface area contributed by atoms with Crippen LogP contribution < -0.4 is 10.2 Å². The van der Waals surface area contributed by atoms with Gasteiger partial charge in [-0.05, 0) is 23.3 Å². The smallest absolute Gasteiger partial charge is 0.326 e. The van der Waals surface area contributed by atoms with Crippen molar-refractivity contribution in [1.29, 1.82) is 0 Å². The third-order valence-electron chi connectivity index (χ3n) is 5.88. The molecule has 1 heterocycles. The van der Waals surface area contributed by atoms with E-state index in [1.807, 2.05) is 12.1 Å². The molecule has 0 aromatic heterocycles. The van der Waals surface area contributed by atoms with Crippen molar-refractivity contribution in [2.24, 2.45) is 5.92 Å². The van der Waals surface area contributed by atoms with Crippen molar-refractivity contribution in [2.45, 2.75) is 11.5 Å². The highest BCUT2D eigenvalue weighted by Gasteiger charge is 2.51. The van der Waals surface area contributed by atoms with Gasteiger partial charge in [0.2, 0.25) is 0 Å². The second kappa shape index (κ2) is 6.85. The molecule has 2 nitrogen and oxygen atoms in total. The predicted octanol–water partition coefficient (Wildman–Crippen LogP) is 3.76. The Bertz CT molecular complexity index is 1000. The van der Waals surface area contributed by atoms with Gasteiger partial charge in [0.05, 0.1) is 5.41 Å². The number of benzene rings is 3. The molecule has 28 heavy (non-hydrogen) atoms. The van der Waals surface area contributed by atoms with E-state index in [9.17, 15) is 5.02 Å². The molecule has 0 saturated carbocycles. The van der Waals surface area contributed by atoms with E-state index in [-0.39, 0.29) is 12.0 Å². The van der Waals surface area contributed by atoms with E-state index < -0.39 is 5.41 Å². The monoisotopic (exact) mass is 363 g/mol. The lowest BCUT2D eigenvalue weighted by atomic mass is 9.57. The second-order valence-corrected chi connectivity index (χ2v) is 7.30. The van der Waals surface area contributed by atoms with Crippen molar-refractivity contribution in [2.75, 3.05) is 0 Å². The molecule has 135 valence electrons. The zero-order chi connectivity index (χ0) is 19.0. The maximum absolute atomic E-state index is 9.69. The normalized spacial score (nSPS) is 21.3. The first-order valence-corrected chi connectivity index (χ1v) is 9.58. The van der Waals surface area contributed by atoms with Crippen molar-refractivity contribution in [3.63, 3.8) is 0 Å². The molecule has 2 unspecified atom stereocenters. The highest BCUT2D eigenvalue weighted by atomic mass is 16.5. The topological polar surface area (TPSA) is 29.5 Å². The number of hydrogen-bond donors (Lipinski definition) is 1. The molecular weight excluding hydrogens is 343 g/mol. The number of fused-ring (bicyclic) bond motifs is 2. The van der Waals surface area contributed by atoms with Crippen LogP contribution in [-0.4, -0.2) is 18.6 Å². The highest BCUT2D eigenvalue weighted by Crippen LogP contribution is 2.54. The molecule has 0 spiro atoms. The fourth-order valence-electron chi connectivity index (χ4n) is 4.72. The second-order valence-electron chi connectivity index (χ2n) is 7.30. The quantitative estimate of drug-likeness (QED) is 0.718. The summed E-state index contributed by atoms with van der Waals surface area (Å²) in [7, 11) is 1.16. The molecule has 0 saturated heterocycles. The lowest BCUT2D eigenvalue weighted by Crippen LogP contribution is -2.49. The number of allylic oxidation sites excluding steroid dienone is 2. The lowest BCUT2D eigenvalue weighted by molar-refractivity contribution is 0.140. The summed E-state index contributed by atoms with van der Waals surface area (Å²) in [5.41, 5.74) is 3.87. The summed E-state index contributed by atoms with van der Waals surface area (Å²) in [6.07, 6.45) is 8.51. The van der Waals surface area contributed by atoms with Crippen LogP contribution in [0.15, 0.2) is 103 Å². The predicted molar refractivity (Wildman–Crippen MR) is 113 cm³/mol. The summed E-state index contributed by atoms with van der Waals surface area (Å²) in [5.74, 6) is 0.961. The average molecular weight is 363 g/mol. The van der Waals surface area contributed by atoms with Crippen molar-refractivity contribution < 1.29 is 9.76 Å². The molecule has 1 radical (unpaired) electrons. The minimum atomic E-state index is -0.416. The summed E-state index contributed by atoms with van der Waals surface area (Å²) < 4.78 is 6.40. The summed E-state index contributed by atoms with van der Waals surface area (Å²) >= 11 is 0. The van der Waals surface area contributed by atoms with Crippen LogP contribution in [0.5, 0.6) is 5.75 Å². The first kappa shape index (κ1) is 17.1. The Morgan fingerprint density at radius 3 is 2.07 bits per heavy atom. The van der Waals surface area contributed by atoms with Gasteiger partial charge < -0.3 is 9.76 Å². The van der Waals surface area contributed by atoms with Gasteiger partial charge in [0.15, 0.2) is 0 Å². The fraction of sp³-hybridized carbons (Fsp3) is 0.120. The van der Waals surface area contributed by atoms with Gasteiger partial charge in [-0.2, -0.15) is 0 Å². The lowest BCUT2D eigenvalue weighted by Gasteiger charge is -2.49. The van der Waals surface area contributed by atoms with E-state index in [4.69, 9.17) is 4.74 Å². The summed E-state index contributed by atoms with van der Waals surface area (Å²) in [5, 5.41) is 9.69. The third kappa shape index (κ3) is 2.47. The summed E-state index contributed by atoms with van der Waals surface area (Å²) in [6, 6.07) is 27.2. The third-order valence-corrected chi connectivity index (χ3v) is 5.88. The Morgan fingerprint density at radius 1 is 0.786 bits per heavy atom.